The van der Waals surface area contributed by atoms with Gasteiger partial charge in [0.1, 0.15) is 0 Å². The van der Waals surface area contributed by atoms with E-state index in [1.54, 1.807) is 0 Å². The second kappa shape index (κ2) is 2.96. The number of aromatic nitrogens is 2. The van der Waals surface area contributed by atoms with Gasteiger partial charge in [-0.15, -0.1) is 0 Å². The largest absolute Gasteiger partial charge is 0.348 e. The summed E-state index contributed by atoms with van der Waals surface area (Å²) in [6.07, 6.45) is 5.87. The fourth-order valence-electron chi connectivity index (χ4n) is 1.23. The van der Waals surface area contributed by atoms with Crippen molar-refractivity contribution in [3.05, 3.63) is 18.0 Å². The molecule has 1 aliphatic rings. The number of rotatable bonds is 3. The number of hydrogen-bond donors (Lipinski definition) is 2. The third-order valence-electron chi connectivity index (χ3n) is 2.40. The van der Waals surface area contributed by atoms with Gasteiger partial charge >= 0.3 is 0 Å². The van der Waals surface area contributed by atoms with Crippen LogP contribution < -0.4 is 11.1 Å². The molecule has 1 saturated carbocycles. The van der Waals surface area contributed by atoms with E-state index in [1.165, 1.54) is 0 Å². The van der Waals surface area contributed by atoms with Crippen LogP contribution in [0.1, 0.15) is 18.4 Å². The highest BCUT2D eigenvalue weighted by Crippen LogP contribution is 2.36. The zero-order chi connectivity index (χ0) is 9.31. The summed E-state index contributed by atoms with van der Waals surface area (Å²) in [4.78, 5) is 8.35. The topological polar surface area (TPSA) is 63.8 Å². The molecular weight excluding hydrogens is 164 g/mol. The van der Waals surface area contributed by atoms with Crippen LogP contribution in [0.25, 0.3) is 0 Å². The molecule has 0 aliphatic heterocycles. The molecule has 2 rings (SSSR count). The highest BCUT2D eigenvalue weighted by molar-refractivity contribution is 5.33. The van der Waals surface area contributed by atoms with Crippen LogP contribution >= 0.6 is 0 Å². The van der Waals surface area contributed by atoms with Crippen LogP contribution in [0.4, 0.5) is 5.95 Å². The standard InChI is InChI=1S/C9H14N4/c1-7-4-11-8(12-5-7)13-9(6-10)2-3-9/h4-5H,2-3,6,10H2,1H3,(H,11,12,13). The van der Waals surface area contributed by atoms with E-state index in [0.29, 0.717) is 12.5 Å². The SMILES string of the molecule is Cc1cnc(NC2(CN)CC2)nc1. The van der Waals surface area contributed by atoms with E-state index < -0.39 is 0 Å². The molecule has 0 aromatic carbocycles. The van der Waals surface area contributed by atoms with Crippen molar-refractivity contribution in [2.75, 3.05) is 11.9 Å². The molecule has 0 amide bonds. The molecule has 0 unspecified atom stereocenters. The first kappa shape index (κ1) is 8.44. The quantitative estimate of drug-likeness (QED) is 0.714. The number of anilines is 1. The predicted octanol–water partition coefficient (Wildman–Crippen LogP) is 0.688. The Kier molecular flexibility index (Phi) is 1.92. The Morgan fingerprint density at radius 3 is 2.54 bits per heavy atom. The van der Waals surface area contributed by atoms with E-state index in [4.69, 9.17) is 5.73 Å². The molecule has 0 saturated heterocycles. The van der Waals surface area contributed by atoms with Gasteiger partial charge in [-0.3, -0.25) is 0 Å². The molecule has 3 N–H and O–H groups in total. The molecule has 4 nitrogen and oxygen atoms in total. The minimum atomic E-state index is 0.0925. The summed E-state index contributed by atoms with van der Waals surface area (Å²) in [6.45, 7) is 2.63. The van der Waals surface area contributed by atoms with Gasteiger partial charge in [-0.2, -0.15) is 0 Å². The maximum Gasteiger partial charge on any atom is 0.223 e. The number of nitrogens with zero attached hydrogens (tertiary/aromatic N) is 2. The summed E-state index contributed by atoms with van der Waals surface area (Å²) in [5.41, 5.74) is 6.79. The van der Waals surface area contributed by atoms with Crippen LogP contribution in [0.2, 0.25) is 0 Å². The summed E-state index contributed by atoms with van der Waals surface area (Å²) in [7, 11) is 0. The van der Waals surface area contributed by atoms with Crippen LogP contribution in [0.3, 0.4) is 0 Å². The van der Waals surface area contributed by atoms with E-state index >= 15 is 0 Å². The minimum absolute atomic E-state index is 0.0925. The fraction of sp³-hybridized carbons (Fsp3) is 0.556. The van der Waals surface area contributed by atoms with Crippen molar-refractivity contribution in [3.8, 4) is 0 Å². The van der Waals surface area contributed by atoms with Crippen molar-refractivity contribution < 1.29 is 0 Å². The van der Waals surface area contributed by atoms with Gasteiger partial charge in [0, 0.05) is 18.9 Å². The predicted molar refractivity (Wildman–Crippen MR) is 51.4 cm³/mol. The highest BCUT2D eigenvalue weighted by atomic mass is 15.2. The molecule has 0 spiro atoms. The van der Waals surface area contributed by atoms with Gasteiger partial charge in [0.2, 0.25) is 5.95 Å². The van der Waals surface area contributed by atoms with Crippen molar-refractivity contribution in [1.29, 1.82) is 0 Å². The second-order valence-electron chi connectivity index (χ2n) is 3.69. The van der Waals surface area contributed by atoms with Gasteiger partial charge < -0.3 is 11.1 Å². The molecule has 1 aromatic heterocycles. The Bertz CT molecular complexity index is 289. The number of hydrogen-bond acceptors (Lipinski definition) is 4. The molecule has 0 bridgehead atoms. The van der Waals surface area contributed by atoms with Gasteiger partial charge in [0.25, 0.3) is 0 Å². The van der Waals surface area contributed by atoms with Gasteiger partial charge in [-0.1, -0.05) is 0 Å². The zero-order valence-electron chi connectivity index (χ0n) is 7.75. The Morgan fingerprint density at radius 2 is 2.08 bits per heavy atom. The van der Waals surface area contributed by atoms with Gasteiger partial charge in [0.05, 0.1) is 5.54 Å². The maximum atomic E-state index is 5.63. The van der Waals surface area contributed by atoms with Crippen LogP contribution in [-0.4, -0.2) is 22.1 Å². The molecule has 1 aliphatic carbocycles. The maximum absolute atomic E-state index is 5.63. The third kappa shape index (κ3) is 1.78. The average Bonchev–Trinajstić information content (AvgIpc) is 2.90. The molecule has 1 fully saturated rings. The van der Waals surface area contributed by atoms with E-state index in [1.807, 2.05) is 19.3 Å². The Morgan fingerprint density at radius 1 is 1.46 bits per heavy atom. The Labute approximate surface area is 77.6 Å². The molecule has 4 heteroatoms. The lowest BCUT2D eigenvalue weighted by atomic mass is 10.3. The number of aryl methyl sites for hydroxylation is 1. The van der Waals surface area contributed by atoms with Gasteiger partial charge in [-0.05, 0) is 25.3 Å². The monoisotopic (exact) mass is 178 g/mol. The molecule has 13 heavy (non-hydrogen) atoms. The van der Waals surface area contributed by atoms with E-state index in [-0.39, 0.29) is 5.54 Å². The van der Waals surface area contributed by atoms with Crippen molar-refractivity contribution in [2.45, 2.75) is 25.3 Å². The normalized spacial score (nSPS) is 18.3. The summed E-state index contributed by atoms with van der Waals surface area (Å²) < 4.78 is 0. The lowest BCUT2D eigenvalue weighted by Gasteiger charge is -2.14. The molecule has 70 valence electrons. The molecule has 0 radical (unpaired) electrons. The van der Waals surface area contributed by atoms with Gasteiger partial charge in [-0.25, -0.2) is 9.97 Å². The molecule has 0 atom stereocenters. The molecule has 1 heterocycles. The van der Waals surface area contributed by atoms with Gasteiger partial charge in [0.15, 0.2) is 0 Å². The molecular formula is C9H14N4. The summed E-state index contributed by atoms with van der Waals surface area (Å²) in [5, 5.41) is 3.26. The van der Waals surface area contributed by atoms with Crippen molar-refractivity contribution in [1.82, 2.24) is 9.97 Å². The smallest absolute Gasteiger partial charge is 0.223 e. The van der Waals surface area contributed by atoms with E-state index in [9.17, 15) is 0 Å². The van der Waals surface area contributed by atoms with E-state index in [0.717, 1.165) is 18.4 Å². The minimum Gasteiger partial charge on any atom is -0.348 e. The zero-order valence-corrected chi connectivity index (χ0v) is 7.75. The van der Waals surface area contributed by atoms with Crippen LogP contribution in [0.5, 0.6) is 0 Å². The summed E-state index contributed by atoms with van der Waals surface area (Å²) in [5.74, 6) is 0.688. The van der Waals surface area contributed by atoms with Crippen molar-refractivity contribution in [3.63, 3.8) is 0 Å². The first-order valence-corrected chi connectivity index (χ1v) is 4.51. The summed E-state index contributed by atoms with van der Waals surface area (Å²) >= 11 is 0. The van der Waals surface area contributed by atoms with Crippen LogP contribution in [0.15, 0.2) is 12.4 Å². The first-order valence-electron chi connectivity index (χ1n) is 4.51. The van der Waals surface area contributed by atoms with Crippen LogP contribution in [0, 0.1) is 6.92 Å². The van der Waals surface area contributed by atoms with Crippen molar-refractivity contribution in [2.24, 2.45) is 5.73 Å². The average molecular weight is 178 g/mol. The summed E-state index contributed by atoms with van der Waals surface area (Å²) in [6, 6.07) is 0. The first-order chi connectivity index (χ1) is 6.24. The number of nitrogens with one attached hydrogen (secondary N) is 1. The molecule has 1 aromatic rings. The lowest BCUT2D eigenvalue weighted by molar-refractivity contribution is 0.730. The number of nitrogens with two attached hydrogens (primary N) is 1. The van der Waals surface area contributed by atoms with Crippen molar-refractivity contribution >= 4 is 5.95 Å². The van der Waals surface area contributed by atoms with E-state index in [2.05, 4.69) is 15.3 Å². The second-order valence-corrected chi connectivity index (χ2v) is 3.69. The highest BCUT2D eigenvalue weighted by Gasteiger charge is 2.41. The fourth-order valence-corrected chi connectivity index (χ4v) is 1.23. The lowest BCUT2D eigenvalue weighted by Crippen LogP contribution is -2.31. The Hall–Kier alpha value is -1.16. The van der Waals surface area contributed by atoms with Crippen LogP contribution in [-0.2, 0) is 0 Å². The Balaban J connectivity index is 2.06. The third-order valence-corrected chi connectivity index (χ3v) is 2.40.